The Morgan fingerprint density at radius 2 is 1.17 bits per heavy atom. The number of Topliss-reactive ketones (excluding diaryl/α,β-unsaturated/α-hetero) is 1. The van der Waals surface area contributed by atoms with Crippen molar-refractivity contribution < 1.29 is 4.79 Å². The Morgan fingerprint density at radius 1 is 0.667 bits per heavy atom. The molecule has 86 valence electrons. The zero-order chi connectivity index (χ0) is 12.1. The van der Waals surface area contributed by atoms with Crippen LogP contribution in [-0.2, 0) is 4.79 Å². The molecule has 1 heteroatoms. The maximum absolute atomic E-state index is 12.7. The van der Waals surface area contributed by atoms with E-state index in [1.54, 1.807) is 0 Å². The van der Waals surface area contributed by atoms with Gasteiger partial charge in [-0.05, 0) is 22.3 Å². The van der Waals surface area contributed by atoms with Crippen molar-refractivity contribution >= 4 is 5.78 Å². The minimum Gasteiger partial charge on any atom is -0.298 e. The van der Waals surface area contributed by atoms with Crippen molar-refractivity contribution in [2.45, 2.75) is 0 Å². The lowest BCUT2D eigenvalue weighted by atomic mass is 9.67. The van der Waals surface area contributed by atoms with E-state index in [1.807, 2.05) is 24.3 Å². The number of carbonyl (C=O) groups excluding carboxylic acids is 1. The normalized spacial score (nSPS) is 31.0. The molecule has 0 heterocycles. The first kappa shape index (κ1) is 9.84. The van der Waals surface area contributed by atoms with Crippen LogP contribution in [0.25, 0.3) is 0 Å². The van der Waals surface area contributed by atoms with Gasteiger partial charge < -0.3 is 0 Å². The van der Waals surface area contributed by atoms with E-state index in [9.17, 15) is 4.79 Å². The van der Waals surface area contributed by atoms with Gasteiger partial charge in [0.05, 0.1) is 11.8 Å². The van der Waals surface area contributed by atoms with Crippen LogP contribution in [0.1, 0.15) is 0 Å². The largest absolute Gasteiger partial charge is 0.298 e. The number of rotatable bonds is 0. The molecular weight excluding hydrogens is 220 g/mol. The van der Waals surface area contributed by atoms with Gasteiger partial charge in [0.15, 0.2) is 5.78 Å². The van der Waals surface area contributed by atoms with E-state index in [1.165, 1.54) is 0 Å². The van der Waals surface area contributed by atoms with E-state index < -0.39 is 0 Å². The topological polar surface area (TPSA) is 17.1 Å². The van der Waals surface area contributed by atoms with Crippen LogP contribution < -0.4 is 0 Å². The predicted octanol–water partition coefficient (Wildman–Crippen LogP) is 3.22. The smallest absolute Gasteiger partial charge is 0.156 e. The summed E-state index contributed by atoms with van der Waals surface area (Å²) in [7, 11) is 0. The molecule has 0 saturated carbocycles. The van der Waals surface area contributed by atoms with Crippen LogP contribution in [0.5, 0.6) is 0 Å². The quantitative estimate of drug-likeness (QED) is 0.626. The lowest BCUT2D eigenvalue weighted by molar-refractivity contribution is -0.122. The highest BCUT2D eigenvalue weighted by atomic mass is 16.1. The molecule has 0 saturated heterocycles. The number of hydrogen-bond acceptors (Lipinski definition) is 1. The van der Waals surface area contributed by atoms with Crippen LogP contribution in [0, 0.1) is 11.8 Å². The predicted molar refractivity (Wildman–Crippen MR) is 71.7 cm³/mol. The average Bonchev–Trinajstić information content (AvgIpc) is 2.69. The molecule has 4 aliphatic rings. The molecule has 4 aliphatic carbocycles. The van der Waals surface area contributed by atoms with E-state index in [4.69, 9.17) is 0 Å². The van der Waals surface area contributed by atoms with Gasteiger partial charge in [0.25, 0.3) is 0 Å². The van der Waals surface area contributed by atoms with Gasteiger partial charge in [0, 0.05) is 0 Å². The summed E-state index contributed by atoms with van der Waals surface area (Å²) in [4.78, 5) is 12.7. The second kappa shape index (κ2) is 3.42. The molecule has 0 atom stereocenters. The lowest BCUT2D eigenvalue weighted by Gasteiger charge is -2.34. The van der Waals surface area contributed by atoms with E-state index in [2.05, 4.69) is 36.5 Å². The maximum Gasteiger partial charge on any atom is 0.156 e. The van der Waals surface area contributed by atoms with Gasteiger partial charge >= 0.3 is 0 Å². The molecule has 0 spiro atoms. The molecule has 0 aromatic rings. The lowest BCUT2D eigenvalue weighted by Crippen LogP contribution is -2.34. The SMILES string of the molecule is O=C1C2C3=CC=CC=C2C=C2C=CC=CC(=C3)C12. The molecule has 18 heavy (non-hydrogen) atoms. The highest BCUT2D eigenvalue weighted by Gasteiger charge is 2.41. The summed E-state index contributed by atoms with van der Waals surface area (Å²) < 4.78 is 0. The standard InChI is InChI=1S/C17H12O/c18-17-15-11-5-1-2-6-12(15)10-14-8-4-3-7-13(9-11)16(14)17/h1-10,15-16H. The van der Waals surface area contributed by atoms with Gasteiger partial charge in [-0.3, -0.25) is 4.79 Å². The second-order valence-corrected chi connectivity index (χ2v) is 4.99. The first-order valence-electron chi connectivity index (χ1n) is 6.25. The van der Waals surface area contributed by atoms with E-state index in [0.29, 0.717) is 5.78 Å². The first-order valence-corrected chi connectivity index (χ1v) is 6.25. The Hall–Kier alpha value is -2.15. The minimum atomic E-state index is -0.0580. The molecule has 0 amide bonds. The Bertz CT molecular complexity index is 610. The van der Waals surface area contributed by atoms with E-state index in [0.717, 1.165) is 22.3 Å². The number of hydrogen-bond donors (Lipinski definition) is 0. The van der Waals surface area contributed by atoms with Crippen molar-refractivity contribution in [1.29, 1.82) is 0 Å². The van der Waals surface area contributed by atoms with Crippen LogP contribution in [-0.4, -0.2) is 5.78 Å². The molecule has 0 aromatic carbocycles. The third kappa shape index (κ3) is 1.19. The third-order valence-electron chi connectivity index (χ3n) is 3.95. The summed E-state index contributed by atoms with van der Waals surface area (Å²) in [5.41, 5.74) is 4.47. The summed E-state index contributed by atoms with van der Waals surface area (Å²) in [6.45, 7) is 0. The van der Waals surface area contributed by atoms with E-state index in [-0.39, 0.29) is 11.8 Å². The highest BCUT2D eigenvalue weighted by molar-refractivity contribution is 5.99. The molecule has 0 radical (unpaired) electrons. The summed E-state index contributed by atoms with van der Waals surface area (Å²) >= 11 is 0. The molecule has 0 fully saturated rings. The molecule has 1 nitrogen and oxygen atoms in total. The van der Waals surface area contributed by atoms with Crippen molar-refractivity contribution in [3.05, 3.63) is 83.1 Å². The summed E-state index contributed by atoms with van der Waals surface area (Å²) in [6.07, 6.45) is 20.6. The maximum atomic E-state index is 12.7. The number of allylic oxidation sites excluding steroid dienone is 14. The Balaban J connectivity index is 2.08. The fourth-order valence-electron chi connectivity index (χ4n) is 3.17. The summed E-state index contributed by atoms with van der Waals surface area (Å²) in [5.74, 6) is 0.206. The fraction of sp³-hybridized carbons (Fsp3) is 0.118. The molecule has 0 aromatic heterocycles. The third-order valence-corrected chi connectivity index (χ3v) is 3.95. The van der Waals surface area contributed by atoms with Crippen molar-refractivity contribution in [1.82, 2.24) is 0 Å². The second-order valence-electron chi connectivity index (χ2n) is 4.99. The van der Waals surface area contributed by atoms with Crippen molar-refractivity contribution in [2.75, 3.05) is 0 Å². The summed E-state index contributed by atoms with van der Waals surface area (Å²) in [6, 6.07) is 0. The first-order chi connectivity index (χ1) is 8.84. The van der Waals surface area contributed by atoms with Gasteiger partial charge in [0.1, 0.15) is 0 Å². The van der Waals surface area contributed by atoms with Crippen LogP contribution in [0.15, 0.2) is 83.1 Å². The zero-order valence-corrected chi connectivity index (χ0v) is 9.84. The number of ketones is 1. The Labute approximate surface area is 106 Å². The van der Waals surface area contributed by atoms with Gasteiger partial charge in [-0.25, -0.2) is 0 Å². The molecule has 4 rings (SSSR count). The monoisotopic (exact) mass is 232 g/mol. The molecule has 0 unspecified atom stereocenters. The van der Waals surface area contributed by atoms with Gasteiger partial charge in [0.2, 0.25) is 0 Å². The van der Waals surface area contributed by atoms with Crippen LogP contribution in [0.3, 0.4) is 0 Å². The molecular formula is C17H12O. The number of carbonyl (C=O) groups is 1. The molecule has 0 aliphatic heterocycles. The van der Waals surface area contributed by atoms with Gasteiger partial charge in [-0.1, -0.05) is 60.8 Å². The highest BCUT2D eigenvalue weighted by Crippen LogP contribution is 2.44. The fourth-order valence-corrected chi connectivity index (χ4v) is 3.17. The van der Waals surface area contributed by atoms with Crippen LogP contribution in [0.4, 0.5) is 0 Å². The van der Waals surface area contributed by atoms with Crippen molar-refractivity contribution in [3.8, 4) is 0 Å². The van der Waals surface area contributed by atoms with Gasteiger partial charge in [-0.15, -0.1) is 0 Å². The van der Waals surface area contributed by atoms with Crippen molar-refractivity contribution in [3.63, 3.8) is 0 Å². The zero-order valence-electron chi connectivity index (χ0n) is 9.84. The van der Waals surface area contributed by atoms with Gasteiger partial charge in [-0.2, -0.15) is 0 Å². The van der Waals surface area contributed by atoms with Crippen LogP contribution in [0.2, 0.25) is 0 Å². The minimum absolute atomic E-state index is 0.0580. The summed E-state index contributed by atoms with van der Waals surface area (Å²) in [5, 5.41) is 0. The average molecular weight is 232 g/mol. The van der Waals surface area contributed by atoms with E-state index >= 15 is 0 Å². The van der Waals surface area contributed by atoms with Crippen LogP contribution >= 0.6 is 0 Å². The Morgan fingerprint density at radius 3 is 1.72 bits per heavy atom. The molecule has 2 bridgehead atoms. The molecule has 0 N–H and O–H groups in total. The Kier molecular flexibility index (Phi) is 1.87. The van der Waals surface area contributed by atoms with Crippen molar-refractivity contribution in [2.24, 2.45) is 11.8 Å².